The van der Waals surface area contributed by atoms with Gasteiger partial charge in [-0.05, 0) is 49.5 Å². The molecular formula is C16H24F2N2. The minimum Gasteiger partial charge on any atom is -0.315 e. The molecule has 1 atom stereocenters. The van der Waals surface area contributed by atoms with Crippen LogP contribution in [0.2, 0.25) is 0 Å². The summed E-state index contributed by atoms with van der Waals surface area (Å²) in [6, 6.07) is 4.26. The smallest absolute Gasteiger partial charge is 0.126 e. The third kappa shape index (κ3) is 4.53. The van der Waals surface area contributed by atoms with Crippen molar-refractivity contribution in [3.63, 3.8) is 0 Å². The number of benzene rings is 1. The topological polar surface area (TPSA) is 15.3 Å². The predicted octanol–water partition coefficient (Wildman–Crippen LogP) is 3.17. The summed E-state index contributed by atoms with van der Waals surface area (Å²) >= 11 is 0. The van der Waals surface area contributed by atoms with Gasteiger partial charge in [0.05, 0.1) is 0 Å². The van der Waals surface area contributed by atoms with Crippen molar-refractivity contribution in [2.24, 2.45) is 5.92 Å². The summed E-state index contributed by atoms with van der Waals surface area (Å²) in [6.07, 6.45) is 2.31. The fourth-order valence-corrected chi connectivity index (χ4v) is 2.81. The first kappa shape index (κ1) is 15.4. The van der Waals surface area contributed by atoms with Gasteiger partial charge in [-0.2, -0.15) is 0 Å². The SMILES string of the molecule is CC(C)CNCC1CCCN1Cc1cc(F)cc(F)c1. The summed E-state index contributed by atoms with van der Waals surface area (Å²) in [7, 11) is 0. The van der Waals surface area contributed by atoms with Crippen molar-refractivity contribution in [1.82, 2.24) is 10.2 Å². The minimum atomic E-state index is -0.492. The van der Waals surface area contributed by atoms with Crippen LogP contribution >= 0.6 is 0 Å². The zero-order valence-electron chi connectivity index (χ0n) is 12.3. The summed E-state index contributed by atoms with van der Waals surface area (Å²) in [6.45, 7) is 7.98. The highest BCUT2D eigenvalue weighted by Crippen LogP contribution is 2.20. The van der Waals surface area contributed by atoms with Gasteiger partial charge in [0, 0.05) is 25.2 Å². The number of nitrogens with zero attached hydrogens (tertiary/aromatic N) is 1. The van der Waals surface area contributed by atoms with Crippen LogP contribution < -0.4 is 5.32 Å². The van der Waals surface area contributed by atoms with Gasteiger partial charge in [-0.3, -0.25) is 4.90 Å². The number of likely N-dealkylation sites (tertiary alicyclic amines) is 1. The normalized spacial score (nSPS) is 19.9. The van der Waals surface area contributed by atoms with E-state index in [9.17, 15) is 8.78 Å². The van der Waals surface area contributed by atoms with Crippen LogP contribution in [0.3, 0.4) is 0 Å². The zero-order chi connectivity index (χ0) is 14.5. The van der Waals surface area contributed by atoms with E-state index in [1.54, 1.807) is 0 Å². The lowest BCUT2D eigenvalue weighted by atomic mass is 10.1. The Morgan fingerprint density at radius 3 is 2.60 bits per heavy atom. The van der Waals surface area contributed by atoms with Gasteiger partial charge in [0.2, 0.25) is 0 Å². The molecule has 1 aromatic rings. The highest BCUT2D eigenvalue weighted by Gasteiger charge is 2.24. The monoisotopic (exact) mass is 282 g/mol. The van der Waals surface area contributed by atoms with E-state index in [1.807, 2.05) is 0 Å². The van der Waals surface area contributed by atoms with Gasteiger partial charge in [0.1, 0.15) is 11.6 Å². The lowest BCUT2D eigenvalue weighted by Gasteiger charge is -2.25. The molecule has 20 heavy (non-hydrogen) atoms. The van der Waals surface area contributed by atoms with Crippen LogP contribution in [0.1, 0.15) is 32.3 Å². The van der Waals surface area contributed by atoms with Crippen molar-refractivity contribution in [2.75, 3.05) is 19.6 Å². The maximum atomic E-state index is 13.2. The van der Waals surface area contributed by atoms with Crippen molar-refractivity contribution in [3.8, 4) is 0 Å². The minimum absolute atomic E-state index is 0.472. The van der Waals surface area contributed by atoms with Crippen LogP contribution in [0.25, 0.3) is 0 Å². The van der Waals surface area contributed by atoms with E-state index >= 15 is 0 Å². The molecule has 1 aromatic carbocycles. The Morgan fingerprint density at radius 1 is 1.25 bits per heavy atom. The number of rotatable bonds is 6. The van der Waals surface area contributed by atoms with Gasteiger partial charge >= 0.3 is 0 Å². The van der Waals surface area contributed by atoms with E-state index in [1.165, 1.54) is 12.1 Å². The third-order valence-electron chi connectivity index (χ3n) is 3.74. The molecule has 1 saturated heterocycles. The van der Waals surface area contributed by atoms with Crippen LogP contribution in [-0.4, -0.2) is 30.6 Å². The van der Waals surface area contributed by atoms with Crippen LogP contribution in [-0.2, 0) is 6.54 Å². The second kappa shape index (κ2) is 7.14. The molecule has 1 aliphatic heterocycles. The molecule has 0 bridgehead atoms. The largest absolute Gasteiger partial charge is 0.315 e. The molecule has 112 valence electrons. The Balaban J connectivity index is 1.90. The fourth-order valence-electron chi connectivity index (χ4n) is 2.81. The number of halogens is 2. The van der Waals surface area contributed by atoms with Gasteiger partial charge < -0.3 is 5.32 Å². The first-order valence-electron chi connectivity index (χ1n) is 7.44. The summed E-state index contributed by atoms with van der Waals surface area (Å²) in [5, 5.41) is 3.48. The first-order valence-corrected chi connectivity index (χ1v) is 7.44. The Morgan fingerprint density at radius 2 is 1.95 bits per heavy atom. The van der Waals surface area contributed by atoms with Crippen LogP contribution in [0.15, 0.2) is 18.2 Å². The van der Waals surface area contributed by atoms with Crippen molar-refractivity contribution in [1.29, 1.82) is 0 Å². The Kier molecular flexibility index (Phi) is 5.49. The van der Waals surface area contributed by atoms with E-state index in [0.29, 0.717) is 18.5 Å². The van der Waals surface area contributed by atoms with E-state index in [-0.39, 0.29) is 0 Å². The second-order valence-corrected chi connectivity index (χ2v) is 6.10. The van der Waals surface area contributed by atoms with Crippen LogP contribution in [0, 0.1) is 17.6 Å². The molecule has 0 amide bonds. The predicted molar refractivity (Wildman–Crippen MR) is 77.5 cm³/mol. The molecule has 0 saturated carbocycles. The van der Waals surface area contributed by atoms with Gasteiger partial charge in [-0.15, -0.1) is 0 Å². The highest BCUT2D eigenvalue weighted by atomic mass is 19.1. The molecule has 0 spiro atoms. The Bertz CT molecular complexity index is 414. The molecule has 0 aliphatic carbocycles. The van der Waals surface area contributed by atoms with Crippen molar-refractivity contribution in [3.05, 3.63) is 35.4 Å². The average molecular weight is 282 g/mol. The highest BCUT2D eigenvalue weighted by molar-refractivity contribution is 5.18. The molecule has 1 N–H and O–H groups in total. The van der Waals surface area contributed by atoms with Crippen molar-refractivity contribution in [2.45, 2.75) is 39.3 Å². The molecule has 1 heterocycles. The molecule has 1 fully saturated rings. The number of nitrogens with one attached hydrogen (secondary N) is 1. The fraction of sp³-hybridized carbons (Fsp3) is 0.625. The van der Waals surface area contributed by atoms with Gasteiger partial charge in [0.25, 0.3) is 0 Å². The zero-order valence-corrected chi connectivity index (χ0v) is 12.3. The average Bonchev–Trinajstić information content (AvgIpc) is 2.75. The first-order chi connectivity index (χ1) is 9.54. The maximum absolute atomic E-state index is 13.2. The lowest BCUT2D eigenvalue weighted by molar-refractivity contribution is 0.237. The van der Waals surface area contributed by atoms with Crippen molar-refractivity contribution >= 4 is 0 Å². The Hall–Kier alpha value is -1.00. The molecule has 2 rings (SSSR count). The number of hydrogen-bond donors (Lipinski definition) is 1. The standard InChI is InChI=1S/C16H24F2N2/c1-12(2)9-19-10-16-4-3-5-20(16)11-13-6-14(17)8-15(18)7-13/h6-8,12,16,19H,3-5,9-11H2,1-2H3. The lowest BCUT2D eigenvalue weighted by Crippen LogP contribution is -2.38. The number of hydrogen-bond acceptors (Lipinski definition) is 2. The van der Waals surface area contributed by atoms with Gasteiger partial charge in [-0.1, -0.05) is 13.8 Å². The van der Waals surface area contributed by atoms with E-state index in [4.69, 9.17) is 0 Å². The second-order valence-electron chi connectivity index (χ2n) is 6.10. The van der Waals surface area contributed by atoms with E-state index < -0.39 is 11.6 Å². The summed E-state index contributed by atoms with van der Waals surface area (Å²) in [5.41, 5.74) is 0.721. The van der Waals surface area contributed by atoms with E-state index in [0.717, 1.165) is 44.1 Å². The summed E-state index contributed by atoms with van der Waals surface area (Å²) in [4.78, 5) is 2.32. The molecule has 2 nitrogen and oxygen atoms in total. The van der Waals surface area contributed by atoms with Crippen molar-refractivity contribution < 1.29 is 8.78 Å². The molecule has 4 heteroatoms. The van der Waals surface area contributed by atoms with E-state index in [2.05, 4.69) is 24.1 Å². The third-order valence-corrected chi connectivity index (χ3v) is 3.74. The summed E-state index contributed by atoms with van der Waals surface area (Å²) < 4.78 is 26.4. The quantitative estimate of drug-likeness (QED) is 0.862. The molecule has 0 radical (unpaired) electrons. The molecular weight excluding hydrogens is 258 g/mol. The van der Waals surface area contributed by atoms with Crippen LogP contribution in [0.5, 0.6) is 0 Å². The molecule has 1 aliphatic rings. The summed E-state index contributed by atoms with van der Waals surface area (Å²) in [5.74, 6) is -0.343. The van der Waals surface area contributed by atoms with Crippen LogP contribution in [0.4, 0.5) is 8.78 Å². The Labute approximate surface area is 120 Å². The van der Waals surface area contributed by atoms with Gasteiger partial charge in [-0.25, -0.2) is 8.78 Å². The maximum Gasteiger partial charge on any atom is 0.126 e. The van der Waals surface area contributed by atoms with Gasteiger partial charge in [0.15, 0.2) is 0 Å². The molecule has 0 aromatic heterocycles. The molecule has 1 unspecified atom stereocenters.